The monoisotopic (exact) mass is 338 g/mol. The van der Waals surface area contributed by atoms with E-state index in [0.29, 0.717) is 12.4 Å². The van der Waals surface area contributed by atoms with Gasteiger partial charge in [-0.1, -0.05) is 11.6 Å². The summed E-state index contributed by atoms with van der Waals surface area (Å²) in [6.45, 7) is 1.96. The molecule has 5 heteroatoms. The van der Waals surface area contributed by atoms with Gasteiger partial charge in [-0.25, -0.2) is 0 Å². The summed E-state index contributed by atoms with van der Waals surface area (Å²) in [4.78, 5) is 0. The predicted octanol–water partition coefficient (Wildman–Crippen LogP) is 2.79. The normalized spacial score (nSPS) is 38.3. The van der Waals surface area contributed by atoms with Gasteiger partial charge in [-0.3, -0.25) is 0 Å². The van der Waals surface area contributed by atoms with Crippen LogP contribution in [0.5, 0.6) is 11.5 Å². The van der Waals surface area contributed by atoms with Crippen LogP contribution in [0.15, 0.2) is 12.1 Å². The molecule has 0 saturated heterocycles. The SMILES string of the molecule is COc1ccc2c3c1O[C@H]1CC(O)CCC31CC[N+](C)(CCl)C2. The lowest BCUT2D eigenvalue weighted by molar-refractivity contribution is -0.912. The number of methoxy groups -OCH3 is 1. The lowest BCUT2D eigenvalue weighted by Crippen LogP contribution is -2.48. The summed E-state index contributed by atoms with van der Waals surface area (Å²) in [5.41, 5.74) is 2.68. The van der Waals surface area contributed by atoms with E-state index in [4.69, 9.17) is 21.1 Å². The number of aliphatic hydroxyl groups excluding tert-OH is 1. The van der Waals surface area contributed by atoms with E-state index in [0.717, 1.165) is 48.3 Å². The minimum Gasteiger partial charge on any atom is -0.493 e. The summed E-state index contributed by atoms with van der Waals surface area (Å²) in [6, 6.07) is 4.81. The molecule has 23 heavy (non-hydrogen) atoms. The van der Waals surface area contributed by atoms with Crippen molar-refractivity contribution in [2.45, 2.75) is 49.9 Å². The number of rotatable bonds is 2. The highest BCUT2D eigenvalue weighted by molar-refractivity contribution is 6.16. The van der Waals surface area contributed by atoms with Gasteiger partial charge in [-0.2, -0.15) is 0 Å². The molecule has 1 spiro atoms. The Morgan fingerprint density at radius 3 is 3.00 bits per heavy atom. The molecule has 2 aliphatic heterocycles. The number of benzene rings is 1. The zero-order valence-electron chi connectivity index (χ0n) is 13.8. The Kier molecular flexibility index (Phi) is 3.56. The summed E-state index contributed by atoms with van der Waals surface area (Å²) in [5.74, 6) is 1.72. The van der Waals surface area contributed by atoms with Gasteiger partial charge >= 0.3 is 0 Å². The van der Waals surface area contributed by atoms with Gasteiger partial charge in [-0.05, 0) is 25.0 Å². The first-order chi connectivity index (χ1) is 11.0. The van der Waals surface area contributed by atoms with Crippen LogP contribution in [0.3, 0.4) is 0 Å². The van der Waals surface area contributed by atoms with E-state index < -0.39 is 0 Å². The van der Waals surface area contributed by atoms with Gasteiger partial charge in [-0.15, -0.1) is 0 Å². The van der Waals surface area contributed by atoms with Crippen molar-refractivity contribution in [2.75, 3.05) is 26.7 Å². The zero-order chi connectivity index (χ0) is 16.2. The average molecular weight is 339 g/mol. The van der Waals surface area contributed by atoms with Crippen LogP contribution < -0.4 is 9.47 Å². The lowest BCUT2D eigenvalue weighted by Gasteiger charge is -2.40. The maximum absolute atomic E-state index is 10.1. The minimum absolute atomic E-state index is 0.0144. The van der Waals surface area contributed by atoms with Crippen molar-refractivity contribution >= 4 is 11.6 Å². The van der Waals surface area contributed by atoms with E-state index in [1.807, 2.05) is 6.07 Å². The van der Waals surface area contributed by atoms with E-state index >= 15 is 0 Å². The Bertz CT molecular complexity index is 637. The maximum atomic E-state index is 10.1. The molecule has 1 aliphatic carbocycles. The fraction of sp³-hybridized carbons (Fsp3) is 0.667. The summed E-state index contributed by atoms with van der Waals surface area (Å²) in [6.07, 6.45) is 3.39. The standard InChI is InChI=1S/C18H25ClNO3/c1-20(11-19)8-7-18-6-5-13(21)9-15(18)23-17-14(22-2)4-3-12(10-20)16(17)18/h3-4,13,15,21H,5-11H2,1-2H3/q+1/t13?,15-,18?,20?/m0/s1. The van der Waals surface area contributed by atoms with Crippen molar-refractivity contribution in [2.24, 2.45) is 0 Å². The van der Waals surface area contributed by atoms with Crippen molar-refractivity contribution in [3.63, 3.8) is 0 Å². The Hall–Kier alpha value is -0.970. The lowest BCUT2D eigenvalue weighted by atomic mass is 9.65. The number of quaternary nitrogens is 1. The molecule has 1 N–H and O–H groups in total. The van der Waals surface area contributed by atoms with E-state index in [2.05, 4.69) is 13.1 Å². The first-order valence-corrected chi connectivity index (χ1v) is 8.99. The largest absolute Gasteiger partial charge is 0.493 e. The zero-order valence-corrected chi connectivity index (χ0v) is 14.6. The first kappa shape index (κ1) is 15.6. The Morgan fingerprint density at radius 1 is 1.43 bits per heavy atom. The van der Waals surface area contributed by atoms with Crippen LogP contribution in [0, 0.1) is 0 Å². The first-order valence-electron chi connectivity index (χ1n) is 8.46. The molecule has 0 amide bonds. The number of ether oxygens (including phenoxy) is 2. The van der Waals surface area contributed by atoms with Gasteiger partial charge in [0.25, 0.3) is 0 Å². The maximum Gasteiger partial charge on any atom is 0.166 e. The molecule has 3 aliphatic rings. The van der Waals surface area contributed by atoms with Crippen LogP contribution in [0.25, 0.3) is 0 Å². The highest BCUT2D eigenvalue weighted by Crippen LogP contribution is 2.58. The molecule has 3 unspecified atom stereocenters. The minimum atomic E-state index is -0.258. The number of alkyl halides is 1. The second-order valence-electron chi connectivity index (χ2n) is 7.69. The highest BCUT2D eigenvalue weighted by atomic mass is 35.5. The third-order valence-electron chi connectivity index (χ3n) is 6.15. The van der Waals surface area contributed by atoms with Crippen LogP contribution >= 0.6 is 11.6 Å². The molecular formula is C18H25ClNO3+. The molecule has 4 atom stereocenters. The summed E-state index contributed by atoms with van der Waals surface area (Å²) in [5, 5.41) is 10.1. The molecule has 1 saturated carbocycles. The Balaban J connectivity index is 1.89. The van der Waals surface area contributed by atoms with Crippen LogP contribution in [0.4, 0.5) is 0 Å². The van der Waals surface area contributed by atoms with E-state index in [-0.39, 0.29) is 17.6 Å². The van der Waals surface area contributed by atoms with Crippen molar-refractivity contribution in [1.29, 1.82) is 0 Å². The van der Waals surface area contributed by atoms with E-state index in [1.54, 1.807) is 7.11 Å². The second-order valence-corrected chi connectivity index (χ2v) is 7.93. The van der Waals surface area contributed by atoms with Crippen molar-refractivity contribution in [3.05, 3.63) is 23.3 Å². The van der Waals surface area contributed by atoms with Gasteiger partial charge in [0.1, 0.15) is 12.6 Å². The third kappa shape index (κ3) is 2.19. The van der Waals surface area contributed by atoms with Gasteiger partial charge < -0.3 is 19.1 Å². The van der Waals surface area contributed by atoms with Crippen molar-refractivity contribution < 1.29 is 19.1 Å². The van der Waals surface area contributed by atoms with Crippen LogP contribution in [0.1, 0.15) is 36.8 Å². The second kappa shape index (κ2) is 5.27. The quantitative estimate of drug-likeness (QED) is 0.512. The van der Waals surface area contributed by atoms with Crippen LogP contribution in [-0.4, -0.2) is 48.5 Å². The fourth-order valence-corrected chi connectivity index (χ4v) is 5.00. The molecule has 4 nitrogen and oxygen atoms in total. The van der Waals surface area contributed by atoms with Crippen LogP contribution in [-0.2, 0) is 12.0 Å². The smallest absolute Gasteiger partial charge is 0.166 e. The van der Waals surface area contributed by atoms with E-state index in [1.165, 1.54) is 11.1 Å². The summed E-state index contributed by atoms with van der Waals surface area (Å²) >= 11 is 6.30. The number of hydrogen-bond donors (Lipinski definition) is 1. The molecule has 1 fully saturated rings. The van der Waals surface area contributed by atoms with Gasteiger partial charge in [0.15, 0.2) is 17.5 Å². The van der Waals surface area contributed by atoms with Gasteiger partial charge in [0.05, 0.1) is 26.8 Å². The fourth-order valence-electron chi connectivity index (χ4n) is 4.80. The highest BCUT2D eigenvalue weighted by Gasteiger charge is 2.56. The molecule has 1 aromatic carbocycles. The molecule has 0 bridgehead atoms. The van der Waals surface area contributed by atoms with E-state index in [9.17, 15) is 5.11 Å². The number of halogens is 1. The number of hydrogen-bond acceptors (Lipinski definition) is 3. The Labute approximate surface area is 142 Å². The molecule has 0 aromatic heterocycles. The van der Waals surface area contributed by atoms with Gasteiger partial charge in [0, 0.05) is 29.4 Å². The summed E-state index contributed by atoms with van der Waals surface area (Å²) < 4.78 is 12.8. The molecule has 0 radical (unpaired) electrons. The molecule has 126 valence electrons. The molecule has 1 aromatic rings. The van der Waals surface area contributed by atoms with Crippen molar-refractivity contribution in [1.82, 2.24) is 0 Å². The Morgan fingerprint density at radius 2 is 2.26 bits per heavy atom. The average Bonchev–Trinajstić information content (AvgIpc) is 2.81. The number of aliphatic hydroxyl groups is 1. The van der Waals surface area contributed by atoms with Crippen molar-refractivity contribution in [3.8, 4) is 11.5 Å². The van der Waals surface area contributed by atoms with Crippen LogP contribution in [0.2, 0.25) is 0 Å². The van der Waals surface area contributed by atoms with Gasteiger partial charge in [0.2, 0.25) is 0 Å². The molecular weight excluding hydrogens is 314 g/mol. The predicted molar refractivity (Wildman–Crippen MR) is 89.0 cm³/mol. The molecule has 4 rings (SSSR count). The summed E-state index contributed by atoms with van der Waals surface area (Å²) in [7, 11) is 3.93. The topological polar surface area (TPSA) is 38.7 Å². The molecule has 2 heterocycles. The number of nitrogens with zero attached hydrogens (tertiary/aromatic N) is 1. The third-order valence-corrected chi connectivity index (χ3v) is 6.73.